The molecule has 5 rings (SSSR count). The Morgan fingerprint density at radius 2 is 1.91 bits per heavy atom. The lowest BCUT2D eigenvalue weighted by molar-refractivity contribution is -0.141. The number of hydrogen-bond acceptors (Lipinski definition) is 7. The van der Waals surface area contributed by atoms with Crippen molar-refractivity contribution in [1.29, 1.82) is 0 Å². The van der Waals surface area contributed by atoms with Gasteiger partial charge in [0.1, 0.15) is 18.1 Å². The van der Waals surface area contributed by atoms with E-state index < -0.39 is 24.8 Å². The summed E-state index contributed by atoms with van der Waals surface area (Å²) in [5.41, 5.74) is 0.0271. The zero-order chi connectivity index (χ0) is 23.4. The molecule has 1 spiro atoms. The third-order valence-corrected chi connectivity index (χ3v) is 6.12. The molecule has 0 amide bonds. The van der Waals surface area contributed by atoms with E-state index in [1.54, 1.807) is 12.3 Å². The second-order valence-corrected chi connectivity index (χ2v) is 8.41. The van der Waals surface area contributed by atoms with Gasteiger partial charge >= 0.3 is 6.18 Å². The van der Waals surface area contributed by atoms with Crippen molar-refractivity contribution in [3.8, 4) is 5.88 Å². The topological polar surface area (TPSA) is 72.2 Å². The Morgan fingerprint density at radius 3 is 2.61 bits per heavy atom. The molecule has 176 valence electrons. The largest absolute Gasteiger partial charge is 0.478 e. The number of halogens is 5. The van der Waals surface area contributed by atoms with Crippen LogP contribution in [0.4, 0.5) is 33.5 Å². The van der Waals surface area contributed by atoms with Crippen molar-refractivity contribution in [2.24, 2.45) is 5.41 Å². The van der Waals surface area contributed by atoms with Gasteiger partial charge in [-0.1, -0.05) is 0 Å². The second-order valence-electron chi connectivity index (χ2n) is 8.41. The Hall–Kier alpha value is -3.25. The van der Waals surface area contributed by atoms with Crippen molar-refractivity contribution in [1.82, 2.24) is 24.7 Å². The van der Waals surface area contributed by atoms with Crippen LogP contribution in [0.25, 0.3) is 11.2 Å². The fraction of sp³-hybridized carbons (Fsp3) is 0.500. The standard InChI is InChI=1S/C20H20F5N7O/c1-33-18-16-17(32(29-18)8-14(21)22)28-15(7-27-16)30-5-3-19(9-30)10-31(11-19)12-2-4-26-13(6-12)20(23,24)25/h2,4,6-7,14H,3,5,8-11H2,1H3. The van der Waals surface area contributed by atoms with Crippen LogP contribution in [-0.4, -0.2) is 64.4 Å². The maximum atomic E-state index is 13.0. The first-order chi connectivity index (χ1) is 15.7. The lowest BCUT2D eigenvalue weighted by Gasteiger charge is -2.49. The van der Waals surface area contributed by atoms with Gasteiger partial charge in [0.15, 0.2) is 11.2 Å². The van der Waals surface area contributed by atoms with Crippen LogP contribution < -0.4 is 14.5 Å². The maximum absolute atomic E-state index is 13.0. The van der Waals surface area contributed by atoms with Gasteiger partial charge in [-0.2, -0.15) is 13.2 Å². The van der Waals surface area contributed by atoms with Gasteiger partial charge in [-0.3, -0.25) is 4.98 Å². The Bertz CT molecular complexity index is 1180. The molecule has 0 atom stereocenters. The van der Waals surface area contributed by atoms with Gasteiger partial charge in [-0.15, -0.1) is 5.10 Å². The third kappa shape index (κ3) is 3.89. The fourth-order valence-corrected chi connectivity index (χ4v) is 4.56. The highest BCUT2D eigenvalue weighted by atomic mass is 19.4. The average molecular weight is 469 g/mol. The van der Waals surface area contributed by atoms with E-state index in [-0.39, 0.29) is 16.9 Å². The zero-order valence-electron chi connectivity index (χ0n) is 17.6. The van der Waals surface area contributed by atoms with Crippen molar-refractivity contribution in [2.75, 3.05) is 43.1 Å². The molecule has 5 heterocycles. The number of ether oxygens (including phenoxy) is 1. The number of pyridine rings is 1. The molecule has 0 N–H and O–H groups in total. The summed E-state index contributed by atoms with van der Waals surface area (Å²) in [6.07, 6.45) is -3.52. The molecule has 2 aliphatic heterocycles. The van der Waals surface area contributed by atoms with Gasteiger partial charge in [0.05, 0.1) is 13.3 Å². The summed E-state index contributed by atoms with van der Waals surface area (Å²) in [5, 5.41) is 4.02. The number of anilines is 2. The van der Waals surface area contributed by atoms with Crippen molar-refractivity contribution in [3.05, 3.63) is 30.2 Å². The monoisotopic (exact) mass is 469 g/mol. The van der Waals surface area contributed by atoms with E-state index in [0.29, 0.717) is 43.2 Å². The SMILES string of the molecule is COc1nn(CC(F)F)c2nc(N3CCC4(CN(c5ccnc(C(F)(F)F)c5)C4)C3)cnc12. The fourth-order valence-electron chi connectivity index (χ4n) is 4.56. The van der Waals surface area contributed by atoms with Crippen LogP contribution in [0.2, 0.25) is 0 Å². The zero-order valence-corrected chi connectivity index (χ0v) is 17.6. The van der Waals surface area contributed by atoms with Crippen LogP contribution in [0.5, 0.6) is 5.88 Å². The minimum Gasteiger partial charge on any atom is -0.478 e. The van der Waals surface area contributed by atoms with Gasteiger partial charge in [-0.05, 0) is 18.6 Å². The van der Waals surface area contributed by atoms with Crippen molar-refractivity contribution in [2.45, 2.75) is 25.6 Å². The molecule has 0 aromatic carbocycles. The second kappa shape index (κ2) is 7.66. The summed E-state index contributed by atoms with van der Waals surface area (Å²) in [7, 11) is 1.39. The lowest BCUT2D eigenvalue weighted by atomic mass is 9.79. The van der Waals surface area contributed by atoms with E-state index in [0.717, 1.165) is 17.2 Å². The molecule has 0 unspecified atom stereocenters. The van der Waals surface area contributed by atoms with E-state index in [2.05, 4.69) is 20.1 Å². The predicted octanol–water partition coefficient (Wildman–Crippen LogP) is 3.23. The number of nitrogens with zero attached hydrogens (tertiary/aromatic N) is 7. The Balaban J connectivity index is 1.32. The first-order valence-corrected chi connectivity index (χ1v) is 10.3. The summed E-state index contributed by atoms with van der Waals surface area (Å²) < 4.78 is 71.0. The van der Waals surface area contributed by atoms with Crippen molar-refractivity contribution < 1.29 is 26.7 Å². The van der Waals surface area contributed by atoms with E-state index in [9.17, 15) is 22.0 Å². The van der Waals surface area contributed by atoms with Crippen molar-refractivity contribution in [3.63, 3.8) is 0 Å². The van der Waals surface area contributed by atoms with Gasteiger partial charge in [0.25, 0.3) is 12.3 Å². The minimum atomic E-state index is -4.49. The lowest BCUT2D eigenvalue weighted by Crippen LogP contribution is -2.57. The number of alkyl halides is 5. The van der Waals surface area contributed by atoms with Crippen LogP contribution in [0, 0.1) is 5.41 Å². The van der Waals surface area contributed by atoms with Crippen LogP contribution >= 0.6 is 0 Å². The van der Waals surface area contributed by atoms with Gasteiger partial charge in [0.2, 0.25) is 0 Å². The number of methoxy groups -OCH3 is 1. The first-order valence-electron chi connectivity index (χ1n) is 10.3. The van der Waals surface area contributed by atoms with E-state index in [1.165, 1.54) is 13.3 Å². The Kier molecular flexibility index (Phi) is 5.01. The summed E-state index contributed by atoms with van der Waals surface area (Å²) >= 11 is 0. The Morgan fingerprint density at radius 1 is 1.15 bits per heavy atom. The third-order valence-electron chi connectivity index (χ3n) is 6.12. The van der Waals surface area contributed by atoms with Gasteiger partial charge < -0.3 is 14.5 Å². The molecule has 33 heavy (non-hydrogen) atoms. The van der Waals surface area contributed by atoms with E-state index in [1.807, 2.05) is 9.80 Å². The van der Waals surface area contributed by atoms with E-state index in [4.69, 9.17) is 4.74 Å². The normalized spacial score (nSPS) is 17.9. The highest BCUT2D eigenvalue weighted by molar-refractivity contribution is 5.78. The molecule has 2 saturated heterocycles. The maximum Gasteiger partial charge on any atom is 0.433 e. The smallest absolute Gasteiger partial charge is 0.433 e. The minimum absolute atomic E-state index is 0.0841. The summed E-state index contributed by atoms with van der Waals surface area (Å²) in [5.74, 6) is 0.673. The molecular weight excluding hydrogens is 449 g/mol. The van der Waals surface area contributed by atoms with Crippen LogP contribution in [0.1, 0.15) is 12.1 Å². The molecule has 0 radical (unpaired) electrons. The molecule has 3 aromatic rings. The Labute approximate surface area is 185 Å². The molecule has 0 bridgehead atoms. The predicted molar refractivity (Wildman–Crippen MR) is 109 cm³/mol. The van der Waals surface area contributed by atoms with Gasteiger partial charge in [-0.25, -0.2) is 23.4 Å². The van der Waals surface area contributed by atoms with Crippen LogP contribution in [0.15, 0.2) is 24.5 Å². The number of fused-ring (bicyclic) bond motifs is 1. The first kappa shape index (κ1) is 21.6. The van der Waals surface area contributed by atoms with Crippen LogP contribution in [0.3, 0.4) is 0 Å². The summed E-state index contributed by atoms with van der Waals surface area (Å²) in [4.78, 5) is 16.2. The highest BCUT2D eigenvalue weighted by Crippen LogP contribution is 2.43. The molecule has 3 aromatic heterocycles. The molecule has 8 nitrogen and oxygen atoms in total. The highest BCUT2D eigenvalue weighted by Gasteiger charge is 2.48. The number of aromatic nitrogens is 5. The summed E-state index contributed by atoms with van der Waals surface area (Å²) in [6.45, 7) is 1.91. The average Bonchev–Trinajstić information content (AvgIpc) is 3.34. The number of hydrogen-bond donors (Lipinski definition) is 0. The molecule has 2 fully saturated rings. The molecule has 0 saturated carbocycles. The summed E-state index contributed by atoms with van der Waals surface area (Å²) in [6, 6.07) is 2.64. The van der Waals surface area contributed by atoms with E-state index >= 15 is 0 Å². The number of rotatable bonds is 5. The molecule has 2 aliphatic rings. The quantitative estimate of drug-likeness (QED) is 0.532. The molecular formula is C20H20F5N7O. The molecule has 0 aliphatic carbocycles. The van der Waals surface area contributed by atoms with Gasteiger partial charge in [0, 0.05) is 43.5 Å². The van der Waals surface area contributed by atoms with Crippen molar-refractivity contribution >= 4 is 22.7 Å². The van der Waals surface area contributed by atoms with Crippen LogP contribution in [-0.2, 0) is 12.7 Å². The molecule has 13 heteroatoms.